The van der Waals surface area contributed by atoms with Gasteiger partial charge in [-0.3, -0.25) is 4.79 Å². The zero-order valence-corrected chi connectivity index (χ0v) is 13.1. The number of hydrogen-bond acceptors (Lipinski definition) is 4. The molecule has 0 saturated carbocycles. The quantitative estimate of drug-likeness (QED) is 0.933. The Morgan fingerprint density at radius 3 is 2.62 bits per heavy atom. The Bertz CT molecular complexity index is 767. The summed E-state index contributed by atoms with van der Waals surface area (Å²) in [5.41, 5.74) is 2.07. The van der Waals surface area contributed by atoms with E-state index in [-0.39, 0.29) is 17.4 Å². The number of hydrogen-bond donors (Lipinski definition) is 1. The summed E-state index contributed by atoms with van der Waals surface area (Å²) in [7, 11) is 3.22. The second-order valence-corrected chi connectivity index (χ2v) is 5.29. The van der Waals surface area contributed by atoms with Crippen LogP contribution in [-0.4, -0.2) is 26.7 Å². The van der Waals surface area contributed by atoms with Gasteiger partial charge >= 0.3 is 6.61 Å². The van der Waals surface area contributed by atoms with E-state index in [2.05, 4.69) is 10.1 Å². The van der Waals surface area contributed by atoms with Crippen molar-refractivity contribution in [2.24, 2.45) is 0 Å². The number of ether oxygens (including phenoxy) is 2. The number of carbonyl (C=O) groups is 1. The lowest BCUT2D eigenvalue weighted by molar-refractivity contribution is -0.0512. The maximum Gasteiger partial charge on any atom is 0.387 e. The van der Waals surface area contributed by atoms with Crippen molar-refractivity contribution in [3.05, 3.63) is 53.6 Å². The van der Waals surface area contributed by atoms with Crippen molar-refractivity contribution in [1.29, 1.82) is 0 Å². The van der Waals surface area contributed by atoms with Gasteiger partial charge in [0.1, 0.15) is 6.17 Å². The summed E-state index contributed by atoms with van der Waals surface area (Å²) >= 11 is 0. The maximum atomic E-state index is 12.4. The van der Waals surface area contributed by atoms with Crippen LogP contribution in [0.2, 0.25) is 0 Å². The number of halogens is 2. The van der Waals surface area contributed by atoms with Gasteiger partial charge in [0.25, 0.3) is 5.91 Å². The molecule has 0 radical (unpaired) electrons. The summed E-state index contributed by atoms with van der Waals surface area (Å²) in [5, 5.41) is 2.89. The number of fused-ring (bicyclic) bond motifs is 1. The summed E-state index contributed by atoms with van der Waals surface area (Å²) in [6.07, 6.45) is -0.443. The summed E-state index contributed by atoms with van der Waals surface area (Å²) in [5.74, 6) is -0.0729. The highest BCUT2D eigenvalue weighted by molar-refractivity contribution is 6.02. The van der Waals surface area contributed by atoms with E-state index in [9.17, 15) is 13.6 Å². The molecule has 0 fully saturated rings. The van der Waals surface area contributed by atoms with E-state index in [1.165, 1.54) is 13.2 Å². The first-order valence-electron chi connectivity index (χ1n) is 7.26. The Balaban J connectivity index is 1.96. The molecule has 0 aliphatic carbocycles. The molecule has 1 aliphatic heterocycles. The van der Waals surface area contributed by atoms with Gasteiger partial charge in [0.15, 0.2) is 11.5 Å². The molecule has 0 saturated heterocycles. The Labute approximate surface area is 137 Å². The van der Waals surface area contributed by atoms with Gasteiger partial charge < -0.3 is 19.7 Å². The lowest BCUT2D eigenvalue weighted by Crippen LogP contribution is -2.44. The molecule has 2 aromatic carbocycles. The molecule has 1 unspecified atom stereocenters. The Kier molecular flexibility index (Phi) is 4.24. The molecule has 1 amide bonds. The number of alkyl halides is 2. The van der Waals surface area contributed by atoms with Gasteiger partial charge in [0.05, 0.1) is 18.4 Å². The number of carbonyl (C=O) groups excluding carboxylic acids is 1. The number of benzene rings is 2. The first-order chi connectivity index (χ1) is 11.5. The minimum absolute atomic E-state index is 0.0542. The number of anilines is 1. The number of rotatable bonds is 4. The number of methoxy groups -OCH3 is 1. The molecule has 7 heteroatoms. The average Bonchev–Trinajstić information content (AvgIpc) is 2.58. The Morgan fingerprint density at radius 2 is 1.92 bits per heavy atom. The lowest BCUT2D eigenvalue weighted by Gasteiger charge is -2.36. The van der Waals surface area contributed by atoms with Gasteiger partial charge in [-0.25, -0.2) is 0 Å². The predicted octanol–water partition coefficient (Wildman–Crippen LogP) is 3.18. The van der Waals surface area contributed by atoms with Gasteiger partial charge in [-0.1, -0.05) is 18.2 Å². The lowest BCUT2D eigenvalue weighted by atomic mass is 10.0. The molecule has 24 heavy (non-hydrogen) atoms. The largest absolute Gasteiger partial charge is 0.493 e. The molecule has 1 heterocycles. The van der Waals surface area contributed by atoms with Crippen LogP contribution < -0.4 is 19.7 Å². The van der Waals surface area contributed by atoms with Gasteiger partial charge in [-0.15, -0.1) is 0 Å². The topological polar surface area (TPSA) is 50.8 Å². The van der Waals surface area contributed by atoms with Crippen LogP contribution in [0.1, 0.15) is 22.1 Å². The summed E-state index contributed by atoms with van der Waals surface area (Å²) < 4.78 is 34.4. The SMILES string of the molecule is COc1cc(C2NC(=O)c3ccccc3N2C)ccc1OC(F)F. The number of para-hydroxylation sites is 1. The fourth-order valence-corrected chi connectivity index (χ4v) is 2.77. The van der Waals surface area contributed by atoms with Gasteiger partial charge in [-0.05, 0) is 29.8 Å². The first-order valence-corrected chi connectivity index (χ1v) is 7.26. The van der Waals surface area contributed by atoms with Crippen LogP contribution in [0.25, 0.3) is 0 Å². The van der Waals surface area contributed by atoms with E-state index in [0.29, 0.717) is 11.1 Å². The van der Waals surface area contributed by atoms with E-state index in [1.807, 2.05) is 24.1 Å². The predicted molar refractivity (Wildman–Crippen MR) is 84.7 cm³/mol. The average molecular weight is 334 g/mol. The Morgan fingerprint density at radius 1 is 1.17 bits per heavy atom. The van der Waals surface area contributed by atoms with E-state index < -0.39 is 12.8 Å². The van der Waals surface area contributed by atoms with E-state index in [0.717, 1.165) is 5.69 Å². The zero-order chi connectivity index (χ0) is 17.3. The minimum atomic E-state index is -2.94. The molecule has 0 bridgehead atoms. The maximum absolute atomic E-state index is 12.4. The molecule has 3 rings (SSSR count). The molecule has 1 atom stereocenters. The smallest absolute Gasteiger partial charge is 0.387 e. The number of nitrogens with one attached hydrogen (secondary N) is 1. The standard InChI is InChI=1S/C17H16F2N2O3/c1-21-12-6-4-3-5-11(12)16(22)20-15(21)10-7-8-13(24-17(18)19)14(9-10)23-2/h3-9,15,17H,1-2H3,(H,20,22). The molecular weight excluding hydrogens is 318 g/mol. The van der Waals surface area contributed by atoms with Crippen molar-refractivity contribution in [3.8, 4) is 11.5 Å². The highest BCUT2D eigenvalue weighted by Gasteiger charge is 2.29. The fraction of sp³-hybridized carbons (Fsp3) is 0.235. The normalized spacial score (nSPS) is 16.6. The molecule has 0 aromatic heterocycles. The Hall–Kier alpha value is -2.83. The van der Waals surface area contributed by atoms with Gasteiger partial charge in [0.2, 0.25) is 0 Å². The number of nitrogens with zero attached hydrogens (tertiary/aromatic N) is 1. The monoisotopic (exact) mass is 334 g/mol. The van der Waals surface area contributed by atoms with Crippen molar-refractivity contribution in [2.75, 3.05) is 19.1 Å². The molecule has 1 aliphatic rings. The van der Waals surface area contributed by atoms with Crippen LogP contribution >= 0.6 is 0 Å². The van der Waals surface area contributed by atoms with Crippen LogP contribution in [0.4, 0.5) is 14.5 Å². The minimum Gasteiger partial charge on any atom is -0.493 e. The molecule has 0 spiro atoms. The summed E-state index contributed by atoms with van der Waals surface area (Å²) in [4.78, 5) is 14.2. The molecule has 5 nitrogen and oxygen atoms in total. The third-order valence-corrected chi connectivity index (χ3v) is 3.90. The third-order valence-electron chi connectivity index (χ3n) is 3.90. The molecule has 2 aromatic rings. The third kappa shape index (κ3) is 2.84. The van der Waals surface area contributed by atoms with Crippen LogP contribution in [0.5, 0.6) is 11.5 Å². The van der Waals surface area contributed by atoms with Crippen LogP contribution in [0, 0.1) is 0 Å². The molecular formula is C17H16F2N2O3. The second kappa shape index (κ2) is 6.35. The van der Waals surface area contributed by atoms with Gasteiger partial charge in [-0.2, -0.15) is 8.78 Å². The van der Waals surface area contributed by atoms with Crippen LogP contribution in [-0.2, 0) is 0 Å². The van der Waals surface area contributed by atoms with Crippen molar-refractivity contribution in [3.63, 3.8) is 0 Å². The second-order valence-electron chi connectivity index (χ2n) is 5.29. The van der Waals surface area contributed by atoms with Crippen molar-refractivity contribution < 1.29 is 23.0 Å². The van der Waals surface area contributed by atoms with Crippen molar-refractivity contribution >= 4 is 11.6 Å². The highest BCUT2D eigenvalue weighted by Crippen LogP contribution is 2.36. The van der Waals surface area contributed by atoms with Crippen LogP contribution in [0.15, 0.2) is 42.5 Å². The van der Waals surface area contributed by atoms with Crippen molar-refractivity contribution in [1.82, 2.24) is 5.32 Å². The van der Waals surface area contributed by atoms with E-state index in [4.69, 9.17) is 4.74 Å². The number of amides is 1. The zero-order valence-electron chi connectivity index (χ0n) is 13.1. The van der Waals surface area contributed by atoms with Crippen molar-refractivity contribution in [2.45, 2.75) is 12.8 Å². The highest BCUT2D eigenvalue weighted by atomic mass is 19.3. The summed E-state index contributed by atoms with van der Waals surface area (Å²) in [6.45, 7) is -2.94. The molecule has 126 valence electrons. The van der Waals surface area contributed by atoms with Crippen LogP contribution in [0.3, 0.4) is 0 Å². The van der Waals surface area contributed by atoms with E-state index >= 15 is 0 Å². The first kappa shape index (κ1) is 16.0. The molecule has 1 N–H and O–H groups in total. The van der Waals surface area contributed by atoms with Gasteiger partial charge in [0, 0.05) is 7.05 Å². The van der Waals surface area contributed by atoms with E-state index in [1.54, 1.807) is 24.3 Å². The summed E-state index contributed by atoms with van der Waals surface area (Å²) in [6, 6.07) is 11.9. The fourth-order valence-electron chi connectivity index (χ4n) is 2.77.